The highest BCUT2D eigenvalue weighted by molar-refractivity contribution is 5.82. The molecule has 1 saturated heterocycles. The highest BCUT2D eigenvalue weighted by atomic mass is 19.1. The van der Waals surface area contributed by atoms with Crippen LogP contribution in [0.4, 0.5) is 4.39 Å². The van der Waals surface area contributed by atoms with Crippen LogP contribution in [-0.4, -0.2) is 53.6 Å². The zero-order valence-electron chi connectivity index (χ0n) is 13.2. The molecular formula is C17H25FN2O2. The summed E-state index contributed by atoms with van der Waals surface area (Å²) in [5.74, 6) is -0.325. The fraction of sp³-hybridized carbons (Fsp3) is 0.588. The van der Waals surface area contributed by atoms with Crippen molar-refractivity contribution in [2.75, 3.05) is 26.7 Å². The average Bonchev–Trinajstić information content (AvgIpc) is 2.73. The predicted molar refractivity (Wildman–Crippen MR) is 83.8 cm³/mol. The molecule has 1 fully saturated rings. The van der Waals surface area contributed by atoms with E-state index in [1.807, 2.05) is 7.05 Å². The third-order valence-corrected chi connectivity index (χ3v) is 4.31. The molecular weight excluding hydrogens is 283 g/mol. The lowest BCUT2D eigenvalue weighted by atomic mass is 10.1. The number of aliphatic hydroxyl groups excluding tert-OH is 1. The van der Waals surface area contributed by atoms with Gasteiger partial charge in [0, 0.05) is 18.7 Å². The van der Waals surface area contributed by atoms with E-state index in [-0.39, 0.29) is 37.5 Å². The van der Waals surface area contributed by atoms with Crippen molar-refractivity contribution in [2.45, 2.75) is 38.3 Å². The van der Waals surface area contributed by atoms with E-state index in [1.54, 1.807) is 23.1 Å². The number of carbonyl (C=O) groups is 1. The van der Waals surface area contributed by atoms with E-state index < -0.39 is 0 Å². The highest BCUT2D eigenvalue weighted by Crippen LogP contribution is 2.19. The number of rotatable bonds is 5. The topological polar surface area (TPSA) is 43.8 Å². The van der Waals surface area contributed by atoms with Gasteiger partial charge >= 0.3 is 0 Å². The second kappa shape index (κ2) is 8.25. The third-order valence-electron chi connectivity index (χ3n) is 4.31. The van der Waals surface area contributed by atoms with Gasteiger partial charge in [0.25, 0.3) is 0 Å². The molecule has 1 heterocycles. The number of nitrogens with zero attached hydrogens (tertiary/aromatic N) is 2. The summed E-state index contributed by atoms with van der Waals surface area (Å²) in [6.45, 7) is 1.23. The quantitative estimate of drug-likeness (QED) is 0.905. The number of aliphatic hydroxyl groups is 1. The molecule has 1 amide bonds. The summed E-state index contributed by atoms with van der Waals surface area (Å²) in [6.07, 6.45) is 4.11. The van der Waals surface area contributed by atoms with Crippen LogP contribution in [0.25, 0.3) is 0 Å². The molecule has 1 aromatic carbocycles. The Morgan fingerprint density at radius 3 is 2.86 bits per heavy atom. The lowest BCUT2D eigenvalue weighted by Crippen LogP contribution is -2.47. The standard InChI is InChI=1S/C17H25FN2O2/c1-19-10-6-2-3-9-16(19)17(22)20(11-12-21)13-14-7-4-5-8-15(14)18/h4-5,7-8,16,21H,2-3,6,9-13H2,1H3. The molecule has 0 saturated carbocycles. The van der Waals surface area contributed by atoms with Crippen LogP contribution in [0.15, 0.2) is 24.3 Å². The Balaban J connectivity index is 2.12. The minimum atomic E-state index is -0.313. The minimum Gasteiger partial charge on any atom is -0.395 e. The zero-order valence-corrected chi connectivity index (χ0v) is 13.2. The second-order valence-electron chi connectivity index (χ2n) is 5.92. The molecule has 0 spiro atoms. The Hall–Kier alpha value is -1.46. The Labute approximate surface area is 131 Å². The van der Waals surface area contributed by atoms with Crippen LogP contribution in [-0.2, 0) is 11.3 Å². The number of likely N-dealkylation sites (tertiary alicyclic amines) is 1. The number of amides is 1. The van der Waals surface area contributed by atoms with Crippen molar-refractivity contribution in [3.63, 3.8) is 0 Å². The molecule has 0 aromatic heterocycles. The Morgan fingerprint density at radius 1 is 1.36 bits per heavy atom. The van der Waals surface area contributed by atoms with Gasteiger partial charge in [0.05, 0.1) is 12.6 Å². The van der Waals surface area contributed by atoms with Crippen molar-refractivity contribution in [1.29, 1.82) is 0 Å². The van der Waals surface area contributed by atoms with E-state index in [4.69, 9.17) is 0 Å². The molecule has 1 unspecified atom stereocenters. The summed E-state index contributed by atoms with van der Waals surface area (Å²) < 4.78 is 13.8. The maximum Gasteiger partial charge on any atom is 0.240 e. The van der Waals surface area contributed by atoms with Crippen LogP contribution in [0, 0.1) is 5.82 Å². The lowest BCUT2D eigenvalue weighted by molar-refractivity contribution is -0.137. The van der Waals surface area contributed by atoms with Crippen LogP contribution in [0.3, 0.4) is 0 Å². The SMILES string of the molecule is CN1CCCCCC1C(=O)N(CCO)Cc1ccccc1F. The fourth-order valence-electron chi connectivity index (χ4n) is 2.99. The second-order valence-corrected chi connectivity index (χ2v) is 5.92. The number of hydrogen-bond donors (Lipinski definition) is 1. The average molecular weight is 308 g/mol. The van der Waals surface area contributed by atoms with E-state index in [0.717, 1.165) is 32.2 Å². The molecule has 1 aromatic rings. The summed E-state index contributed by atoms with van der Waals surface area (Å²) in [6, 6.07) is 6.31. The number of halogens is 1. The largest absolute Gasteiger partial charge is 0.395 e. The summed E-state index contributed by atoms with van der Waals surface area (Å²) in [5, 5.41) is 9.25. The molecule has 22 heavy (non-hydrogen) atoms. The highest BCUT2D eigenvalue weighted by Gasteiger charge is 2.29. The van der Waals surface area contributed by atoms with Crippen LogP contribution in [0.1, 0.15) is 31.2 Å². The van der Waals surface area contributed by atoms with Crippen molar-refractivity contribution in [2.24, 2.45) is 0 Å². The number of hydrogen-bond acceptors (Lipinski definition) is 3. The number of likely N-dealkylation sites (N-methyl/N-ethyl adjacent to an activating group) is 1. The van der Waals surface area contributed by atoms with Gasteiger partial charge < -0.3 is 10.0 Å². The summed E-state index contributed by atoms with van der Waals surface area (Å²) in [7, 11) is 1.97. The molecule has 0 aliphatic carbocycles. The van der Waals surface area contributed by atoms with E-state index in [9.17, 15) is 14.3 Å². The molecule has 0 bridgehead atoms. The van der Waals surface area contributed by atoms with Crippen molar-refractivity contribution in [3.8, 4) is 0 Å². The van der Waals surface area contributed by atoms with Crippen LogP contribution in [0.2, 0.25) is 0 Å². The van der Waals surface area contributed by atoms with E-state index in [0.29, 0.717) is 5.56 Å². The molecule has 1 aliphatic heterocycles. The molecule has 2 rings (SSSR count). The van der Waals surface area contributed by atoms with E-state index in [1.165, 1.54) is 6.07 Å². The van der Waals surface area contributed by atoms with Crippen molar-refractivity contribution in [3.05, 3.63) is 35.6 Å². The van der Waals surface area contributed by atoms with Crippen molar-refractivity contribution < 1.29 is 14.3 Å². The maximum atomic E-state index is 13.8. The third kappa shape index (κ3) is 4.27. The molecule has 122 valence electrons. The van der Waals surface area contributed by atoms with Gasteiger partial charge in [-0.1, -0.05) is 31.0 Å². The molecule has 1 N–H and O–H groups in total. The van der Waals surface area contributed by atoms with Gasteiger partial charge in [-0.05, 0) is 32.5 Å². The zero-order chi connectivity index (χ0) is 15.9. The number of carbonyl (C=O) groups excluding carboxylic acids is 1. The minimum absolute atomic E-state index is 0.0123. The Morgan fingerprint density at radius 2 is 2.14 bits per heavy atom. The Kier molecular flexibility index (Phi) is 6.34. The van der Waals surface area contributed by atoms with Gasteiger partial charge in [-0.25, -0.2) is 4.39 Å². The smallest absolute Gasteiger partial charge is 0.240 e. The number of benzene rings is 1. The first-order valence-corrected chi connectivity index (χ1v) is 7.96. The maximum absolute atomic E-state index is 13.8. The van der Waals surface area contributed by atoms with Crippen molar-refractivity contribution in [1.82, 2.24) is 9.80 Å². The van der Waals surface area contributed by atoms with E-state index in [2.05, 4.69) is 4.90 Å². The molecule has 5 heteroatoms. The predicted octanol–water partition coefficient (Wildman–Crippen LogP) is 2.02. The summed E-state index contributed by atoms with van der Waals surface area (Å²) >= 11 is 0. The monoisotopic (exact) mass is 308 g/mol. The molecule has 0 radical (unpaired) electrons. The van der Waals surface area contributed by atoms with Gasteiger partial charge in [0.2, 0.25) is 5.91 Å². The molecule has 1 atom stereocenters. The van der Waals surface area contributed by atoms with Gasteiger partial charge in [-0.15, -0.1) is 0 Å². The first kappa shape index (κ1) is 16.9. The molecule has 1 aliphatic rings. The summed E-state index contributed by atoms with van der Waals surface area (Å²) in [4.78, 5) is 16.5. The summed E-state index contributed by atoms with van der Waals surface area (Å²) in [5.41, 5.74) is 0.487. The van der Waals surface area contributed by atoms with Gasteiger partial charge in [-0.2, -0.15) is 0 Å². The van der Waals surface area contributed by atoms with Crippen molar-refractivity contribution >= 4 is 5.91 Å². The molecule has 4 nitrogen and oxygen atoms in total. The fourth-order valence-corrected chi connectivity index (χ4v) is 2.99. The van der Waals surface area contributed by atoms with Gasteiger partial charge in [0.15, 0.2) is 0 Å². The van der Waals surface area contributed by atoms with E-state index >= 15 is 0 Å². The van der Waals surface area contributed by atoms with Gasteiger partial charge in [0.1, 0.15) is 5.82 Å². The van der Waals surface area contributed by atoms with Crippen LogP contribution in [0.5, 0.6) is 0 Å². The normalized spacial score (nSPS) is 19.7. The van der Waals surface area contributed by atoms with Crippen LogP contribution < -0.4 is 0 Å². The first-order valence-electron chi connectivity index (χ1n) is 7.96. The first-order chi connectivity index (χ1) is 10.6. The lowest BCUT2D eigenvalue weighted by Gasteiger charge is -2.31. The van der Waals surface area contributed by atoms with Gasteiger partial charge in [-0.3, -0.25) is 9.69 Å². The Bertz CT molecular complexity index is 495. The van der Waals surface area contributed by atoms with Crippen LogP contribution >= 0.6 is 0 Å².